The number of hydrogen-bond donors (Lipinski definition) is 1. The van der Waals surface area contributed by atoms with Crippen molar-refractivity contribution in [3.63, 3.8) is 0 Å². The van der Waals surface area contributed by atoms with Crippen LogP contribution in [0, 0.1) is 12.7 Å². The van der Waals surface area contributed by atoms with E-state index >= 15 is 0 Å². The highest BCUT2D eigenvalue weighted by Crippen LogP contribution is 2.31. The first-order valence-corrected chi connectivity index (χ1v) is 8.62. The Balaban J connectivity index is 1.69. The maximum Gasteiger partial charge on any atom is 0.255 e. The van der Waals surface area contributed by atoms with E-state index in [9.17, 15) is 9.18 Å². The molecule has 0 fully saturated rings. The van der Waals surface area contributed by atoms with E-state index in [-0.39, 0.29) is 11.5 Å². The fraction of sp³-hybridized carbons (Fsp3) is 0.0476. The third-order valence-electron chi connectivity index (χ3n) is 4.25. The summed E-state index contributed by atoms with van der Waals surface area (Å²) >= 11 is 6.00. The summed E-state index contributed by atoms with van der Waals surface area (Å²) in [5.41, 5.74) is 3.67. The van der Waals surface area contributed by atoms with Gasteiger partial charge in [-0.05, 0) is 61.0 Å². The molecule has 0 saturated heterocycles. The van der Waals surface area contributed by atoms with Crippen LogP contribution in [-0.2, 0) is 0 Å². The Hall–Kier alpha value is -3.18. The third-order valence-corrected chi connectivity index (χ3v) is 4.48. The molecule has 4 aromatic rings. The number of rotatable bonds is 3. The number of benzene rings is 3. The summed E-state index contributed by atoms with van der Waals surface area (Å²) in [6.45, 7) is 1.86. The van der Waals surface area contributed by atoms with E-state index in [1.807, 2.05) is 13.0 Å². The summed E-state index contributed by atoms with van der Waals surface area (Å²) in [6.07, 6.45) is 0. The summed E-state index contributed by atoms with van der Waals surface area (Å²) in [5.74, 6) is -0.413. The van der Waals surface area contributed by atoms with Crippen LogP contribution in [0.4, 0.5) is 10.1 Å². The van der Waals surface area contributed by atoms with E-state index in [0.29, 0.717) is 27.7 Å². The van der Waals surface area contributed by atoms with Crippen LogP contribution in [0.3, 0.4) is 0 Å². The molecule has 1 amide bonds. The lowest BCUT2D eigenvalue weighted by Crippen LogP contribution is -2.13. The third kappa shape index (κ3) is 3.41. The van der Waals surface area contributed by atoms with Gasteiger partial charge in [0.2, 0.25) is 5.89 Å². The van der Waals surface area contributed by atoms with Crippen LogP contribution in [0.25, 0.3) is 22.6 Å². The molecule has 0 saturated carbocycles. The zero-order valence-corrected chi connectivity index (χ0v) is 15.0. The Morgan fingerprint density at radius 2 is 1.93 bits per heavy atom. The fourth-order valence-electron chi connectivity index (χ4n) is 2.84. The summed E-state index contributed by atoms with van der Waals surface area (Å²) in [5, 5.41) is 3.39. The van der Waals surface area contributed by atoms with E-state index in [2.05, 4.69) is 10.3 Å². The molecule has 0 atom stereocenters. The Bertz CT molecular complexity index is 1170. The van der Waals surface area contributed by atoms with E-state index in [4.69, 9.17) is 16.0 Å². The second-order valence-electron chi connectivity index (χ2n) is 6.07. The Morgan fingerprint density at radius 3 is 2.74 bits per heavy atom. The van der Waals surface area contributed by atoms with E-state index in [1.165, 1.54) is 18.2 Å². The maximum atomic E-state index is 13.4. The highest BCUT2D eigenvalue weighted by molar-refractivity contribution is 6.31. The number of oxazole rings is 1. The highest BCUT2D eigenvalue weighted by Gasteiger charge is 2.15. The van der Waals surface area contributed by atoms with E-state index in [0.717, 1.165) is 11.1 Å². The molecule has 3 aromatic carbocycles. The molecule has 0 aliphatic rings. The predicted octanol–water partition coefficient (Wildman–Crippen LogP) is 5.85. The second-order valence-corrected chi connectivity index (χ2v) is 6.51. The Kier molecular flexibility index (Phi) is 4.38. The summed E-state index contributed by atoms with van der Waals surface area (Å²) in [4.78, 5) is 16.9. The van der Waals surface area contributed by atoms with Gasteiger partial charge in [0.15, 0.2) is 5.58 Å². The molecule has 0 aliphatic carbocycles. The minimum Gasteiger partial charge on any atom is -0.436 e. The number of carbonyl (C=O) groups is 1. The summed E-state index contributed by atoms with van der Waals surface area (Å²) in [6, 6.07) is 16.2. The molecule has 0 spiro atoms. The highest BCUT2D eigenvalue weighted by atomic mass is 35.5. The van der Waals surface area contributed by atoms with Crippen molar-refractivity contribution in [3.8, 4) is 11.5 Å². The number of nitrogens with one attached hydrogen (secondary N) is 1. The summed E-state index contributed by atoms with van der Waals surface area (Å²) < 4.78 is 19.2. The van der Waals surface area contributed by atoms with Crippen LogP contribution in [0.1, 0.15) is 15.9 Å². The van der Waals surface area contributed by atoms with Gasteiger partial charge in [-0.2, -0.15) is 0 Å². The molecule has 6 heteroatoms. The fourth-order valence-corrected chi connectivity index (χ4v) is 3.01. The van der Waals surface area contributed by atoms with Crippen molar-refractivity contribution in [3.05, 3.63) is 82.6 Å². The van der Waals surface area contributed by atoms with Gasteiger partial charge in [0, 0.05) is 21.8 Å². The number of amides is 1. The monoisotopic (exact) mass is 380 g/mol. The lowest BCUT2D eigenvalue weighted by molar-refractivity contribution is 0.102. The number of nitrogens with zero attached hydrogens (tertiary/aromatic N) is 1. The lowest BCUT2D eigenvalue weighted by Gasteiger charge is -2.11. The smallest absolute Gasteiger partial charge is 0.255 e. The van der Waals surface area contributed by atoms with Gasteiger partial charge in [-0.25, -0.2) is 9.37 Å². The average Bonchev–Trinajstić information content (AvgIpc) is 3.06. The van der Waals surface area contributed by atoms with Crippen LogP contribution < -0.4 is 5.32 Å². The molecule has 134 valence electrons. The summed E-state index contributed by atoms with van der Waals surface area (Å²) in [7, 11) is 0. The zero-order valence-electron chi connectivity index (χ0n) is 14.3. The van der Waals surface area contributed by atoms with Gasteiger partial charge < -0.3 is 9.73 Å². The molecule has 0 aliphatic heterocycles. The van der Waals surface area contributed by atoms with Gasteiger partial charge in [0.05, 0.1) is 0 Å². The number of aromatic nitrogens is 1. The molecule has 0 unspecified atom stereocenters. The van der Waals surface area contributed by atoms with E-state index < -0.39 is 5.82 Å². The molecular weight excluding hydrogens is 367 g/mol. The van der Waals surface area contributed by atoms with Crippen molar-refractivity contribution in [1.82, 2.24) is 4.98 Å². The van der Waals surface area contributed by atoms with Crippen molar-refractivity contribution in [2.75, 3.05) is 5.32 Å². The van der Waals surface area contributed by atoms with Crippen LogP contribution in [0.2, 0.25) is 5.02 Å². The molecule has 1 heterocycles. The molecule has 0 radical (unpaired) electrons. The van der Waals surface area contributed by atoms with Crippen molar-refractivity contribution in [2.24, 2.45) is 0 Å². The van der Waals surface area contributed by atoms with Gasteiger partial charge in [-0.3, -0.25) is 4.79 Å². The largest absolute Gasteiger partial charge is 0.436 e. The maximum absolute atomic E-state index is 13.4. The normalized spacial score (nSPS) is 10.9. The number of fused-ring (bicyclic) bond motifs is 1. The Labute approximate surface area is 159 Å². The van der Waals surface area contributed by atoms with Gasteiger partial charge in [-0.15, -0.1) is 0 Å². The van der Waals surface area contributed by atoms with Crippen molar-refractivity contribution in [1.29, 1.82) is 0 Å². The molecule has 27 heavy (non-hydrogen) atoms. The van der Waals surface area contributed by atoms with Gasteiger partial charge in [0.1, 0.15) is 11.3 Å². The minimum absolute atomic E-state index is 0.247. The van der Waals surface area contributed by atoms with Crippen LogP contribution >= 0.6 is 11.6 Å². The molecular formula is C21H14ClFN2O2. The topological polar surface area (TPSA) is 55.1 Å². The van der Waals surface area contributed by atoms with Crippen molar-refractivity contribution in [2.45, 2.75) is 6.92 Å². The number of carbonyl (C=O) groups excluding carboxylic acids is 1. The first kappa shape index (κ1) is 17.2. The van der Waals surface area contributed by atoms with Gasteiger partial charge in [0.25, 0.3) is 5.91 Å². The molecule has 1 N–H and O–H groups in total. The first-order chi connectivity index (χ1) is 13.0. The van der Waals surface area contributed by atoms with Crippen molar-refractivity contribution < 1.29 is 13.6 Å². The van der Waals surface area contributed by atoms with Crippen LogP contribution in [0.5, 0.6) is 0 Å². The van der Waals surface area contributed by atoms with E-state index in [1.54, 1.807) is 36.4 Å². The lowest BCUT2D eigenvalue weighted by atomic mass is 10.1. The van der Waals surface area contributed by atoms with Gasteiger partial charge in [-0.1, -0.05) is 23.7 Å². The molecule has 0 bridgehead atoms. The van der Waals surface area contributed by atoms with Gasteiger partial charge >= 0.3 is 0 Å². The average molecular weight is 381 g/mol. The van der Waals surface area contributed by atoms with Crippen LogP contribution in [-0.4, -0.2) is 10.9 Å². The van der Waals surface area contributed by atoms with Crippen LogP contribution in [0.15, 0.2) is 65.1 Å². The Morgan fingerprint density at radius 1 is 1.11 bits per heavy atom. The second kappa shape index (κ2) is 6.85. The minimum atomic E-state index is -0.460. The predicted molar refractivity (Wildman–Crippen MR) is 104 cm³/mol. The van der Waals surface area contributed by atoms with Crippen molar-refractivity contribution >= 4 is 34.3 Å². The quantitative estimate of drug-likeness (QED) is 0.485. The number of anilines is 1. The number of hydrogen-bond acceptors (Lipinski definition) is 3. The number of halogens is 2. The SMILES string of the molecule is Cc1c(NC(=O)c2cccc(F)c2)cccc1-c1nc2cc(Cl)ccc2o1. The zero-order chi connectivity index (χ0) is 19.0. The molecule has 1 aromatic heterocycles. The molecule has 4 rings (SSSR count). The first-order valence-electron chi connectivity index (χ1n) is 8.24. The standard InChI is InChI=1S/C21H14ClFN2O2/c1-12-16(21-25-18-11-14(22)8-9-19(18)27-21)6-3-7-17(12)24-20(26)13-4-2-5-15(23)10-13/h2-11H,1H3,(H,24,26). The molecule has 4 nitrogen and oxygen atoms in total.